The number of nitrogens with zero attached hydrogens (tertiary/aromatic N) is 1. The van der Waals surface area contributed by atoms with E-state index in [-0.39, 0.29) is 17.1 Å². The molecular formula is C35H35N3O7S. The zero-order valence-electron chi connectivity index (χ0n) is 25.9. The Morgan fingerprint density at radius 1 is 0.848 bits per heavy atom. The van der Waals surface area contributed by atoms with Gasteiger partial charge in [-0.05, 0) is 37.5 Å². The third-order valence-corrected chi connectivity index (χ3v) is 8.53. The number of carbonyl (C=O) groups excluding carboxylic acids is 5. The van der Waals surface area contributed by atoms with Crippen molar-refractivity contribution in [1.29, 1.82) is 0 Å². The molecule has 10 nitrogen and oxygen atoms in total. The minimum absolute atomic E-state index is 0.0990. The zero-order valence-corrected chi connectivity index (χ0v) is 26.7. The molecule has 3 aromatic carbocycles. The van der Waals surface area contributed by atoms with Crippen LogP contribution in [0.5, 0.6) is 0 Å². The minimum Gasteiger partial charge on any atom is -0.459 e. The number of hydrogen-bond acceptors (Lipinski definition) is 8. The highest BCUT2D eigenvalue weighted by molar-refractivity contribution is 8.00. The molecule has 1 fully saturated rings. The molecule has 0 spiro atoms. The summed E-state index contributed by atoms with van der Waals surface area (Å²) in [6.45, 7) is 6.43. The number of hydrogen-bond donors (Lipinski definition) is 2. The molecule has 0 aromatic heterocycles. The van der Waals surface area contributed by atoms with E-state index in [1.165, 1.54) is 23.6 Å². The average Bonchev–Trinajstić information content (AvgIpc) is 3.02. The molecule has 11 heteroatoms. The first-order chi connectivity index (χ1) is 21.9. The van der Waals surface area contributed by atoms with Crippen LogP contribution in [0.2, 0.25) is 0 Å². The fourth-order valence-corrected chi connectivity index (χ4v) is 6.58. The smallest absolute Gasteiger partial charge is 0.357 e. The van der Waals surface area contributed by atoms with Crippen LogP contribution in [0.25, 0.3) is 0 Å². The van der Waals surface area contributed by atoms with Gasteiger partial charge in [-0.2, -0.15) is 0 Å². The highest BCUT2D eigenvalue weighted by Gasteiger charge is 2.55. The number of amides is 3. The van der Waals surface area contributed by atoms with Gasteiger partial charge in [0.1, 0.15) is 17.0 Å². The lowest BCUT2D eigenvalue weighted by Gasteiger charge is -2.49. The van der Waals surface area contributed by atoms with Crippen molar-refractivity contribution in [3.8, 4) is 0 Å². The molecule has 3 aromatic rings. The lowest BCUT2D eigenvalue weighted by Crippen LogP contribution is -2.71. The second-order valence-electron chi connectivity index (χ2n) is 11.9. The molecule has 0 aliphatic carbocycles. The Hall–Kier alpha value is -4.90. The Balaban J connectivity index is 1.41. The number of carbonyl (C=O) groups is 5. The maximum Gasteiger partial charge on any atom is 0.357 e. The van der Waals surface area contributed by atoms with E-state index >= 15 is 0 Å². The topological polar surface area (TPSA) is 131 Å². The molecular weight excluding hydrogens is 606 g/mol. The van der Waals surface area contributed by atoms with Crippen LogP contribution < -0.4 is 10.6 Å². The second kappa shape index (κ2) is 13.6. The van der Waals surface area contributed by atoms with Crippen molar-refractivity contribution in [2.75, 3.05) is 5.75 Å². The Bertz CT molecular complexity index is 1620. The largest absolute Gasteiger partial charge is 0.459 e. The molecule has 238 valence electrons. The Labute approximate surface area is 271 Å². The fraction of sp³-hybridized carbons (Fsp3) is 0.286. The molecule has 2 aliphatic heterocycles. The van der Waals surface area contributed by atoms with E-state index in [0.29, 0.717) is 5.56 Å². The highest BCUT2D eigenvalue weighted by Crippen LogP contribution is 2.41. The van der Waals surface area contributed by atoms with Crippen LogP contribution in [0.1, 0.15) is 56.4 Å². The van der Waals surface area contributed by atoms with E-state index < -0.39 is 58.7 Å². The molecule has 3 amide bonds. The van der Waals surface area contributed by atoms with Crippen molar-refractivity contribution in [3.05, 3.63) is 119 Å². The number of ether oxygens (including phenoxy) is 2. The zero-order chi connectivity index (χ0) is 33.0. The van der Waals surface area contributed by atoms with Gasteiger partial charge in [0.05, 0.1) is 5.70 Å². The number of β-lactam (4-membered cyclic amide) rings is 1. The number of benzene rings is 3. The molecule has 5 rings (SSSR count). The summed E-state index contributed by atoms with van der Waals surface area (Å²) in [7, 11) is 0. The molecule has 3 atom stereocenters. The first-order valence-corrected chi connectivity index (χ1v) is 15.8. The van der Waals surface area contributed by atoms with Gasteiger partial charge in [0.2, 0.25) is 11.8 Å². The van der Waals surface area contributed by atoms with Gasteiger partial charge < -0.3 is 20.1 Å². The number of thioether (sulfide) groups is 1. The van der Waals surface area contributed by atoms with Crippen LogP contribution in [0, 0.1) is 0 Å². The van der Waals surface area contributed by atoms with Crippen molar-refractivity contribution >= 4 is 41.4 Å². The molecule has 2 unspecified atom stereocenters. The summed E-state index contributed by atoms with van der Waals surface area (Å²) >= 11 is 1.27. The third-order valence-electron chi connectivity index (χ3n) is 7.25. The number of nitrogens with one attached hydrogen (secondary N) is 2. The maximum absolute atomic E-state index is 13.9. The van der Waals surface area contributed by atoms with Crippen molar-refractivity contribution in [3.63, 3.8) is 0 Å². The van der Waals surface area contributed by atoms with Gasteiger partial charge in [-0.3, -0.25) is 24.1 Å². The van der Waals surface area contributed by atoms with Crippen molar-refractivity contribution in [1.82, 2.24) is 15.5 Å². The molecule has 0 bridgehead atoms. The fourth-order valence-electron chi connectivity index (χ4n) is 5.30. The van der Waals surface area contributed by atoms with Gasteiger partial charge in [0.25, 0.3) is 5.91 Å². The van der Waals surface area contributed by atoms with E-state index in [2.05, 4.69) is 10.6 Å². The Kier molecular flexibility index (Phi) is 9.62. The van der Waals surface area contributed by atoms with E-state index in [9.17, 15) is 24.0 Å². The van der Waals surface area contributed by atoms with Crippen molar-refractivity contribution < 1.29 is 33.4 Å². The number of esters is 2. The van der Waals surface area contributed by atoms with E-state index in [4.69, 9.17) is 9.47 Å². The Morgan fingerprint density at radius 3 is 1.87 bits per heavy atom. The van der Waals surface area contributed by atoms with Gasteiger partial charge in [-0.1, -0.05) is 91.0 Å². The average molecular weight is 642 g/mol. The number of rotatable bonds is 9. The van der Waals surface area contributed by atoms with Gasteiger partial charge in [-0.25, -0.2) is 4.79 Å². The van der Waals surface area contributed by atoms with Crippen molar-refractivity contribution in [2.24, 2.45) is 0 Å². The molecule has 2 aliphatic rings. The lowest BCUT2D eigenvalue weighted by molar-refractivity contribution is -0.160. The Morgan fingerprint density at radius 2 is 1.37 bits per heavy atom. The van der Waals surface area contributed by atoms with Crippen LogP contribution in [-0.4, -0.2) is 57.3 Å². The predicted molar refractivity (Wildman–Crippen MR) is 172 cm³/mol. The van der Waals surface area contributed by atoms with Gasteiger partial charge in [0, 0.05) is 12.7 Å². The minimum atomic E-state index is -1.32. The summed E-state index contributed by atoms with van der Waals surface area (Å²) in [5.41, 5.74) is 1.15. The standard InChI is InChI=1S/C35H35N3O7S/c1-21(39)36-25-20-46-32-27(37-30(40)26(22-14-8-5-9-15-22)33(42)45-35(2,3)4)31(41)38(32)28(25)34(43)44-29(23-16-10-6-11-17-23)24-18-12-7-13-19-24/h5-19,26-27,29,32H,20H2,1-4H3,(H,36,39)(H,37,40)/t26?,27?,32-/m1/s1. The lowest BCUT2D eigenvalue weighted by atomic mass is 9.96. The molecule has 2 N–H and O–H groups in total. The van der Waals surface area contributed by atoms with Crippen LogP contribution in [0.4, 0.5) is 0 Å². The molecule has 46 heavy (non-hydrogen) atoms. The first-order valence-electron chi connectivity index (χ1n) is 14.8. The molecule has 2 heterocycles. The summed E-state index contributed by atoms with van der Waals surface area (Å²) in [6.07, 6.45) is -0.790. The van der Waals surface area contributed by atoms with Crippen LogP contribution in [0.3, 0.4) is 0 Å². The van der Waals surface area contributed by atoms with Crippen LogP contribution in [-0.2, 0) is 33.4 Å². The summed E-state index contributed by atoms with van der Waals surface area (Å²) in [6, 6.07) is 25.8. The van der Waals surface area contributed by atoms with E-state index in [0.717, 1.165) is 11.1 Å². The van der Waals surface area contributed by atoms with Crippen molar-refractivity contribution in [2.45, 2.75) is 56.7 Å². The normalized spacial score (nSPS) is 18.2. The summed E-state index contributed by atoms with van der Waals surface area (Å²) in [5.74, 6) is -4.39. The number of fused-ring (bicyclic) bond motifs is 1. The van der Waals surface area contributed by atoms with Crippen LogP contribution >= 0.6 is 11.8 Å². The second-order valence-corrected chi connectivity index (χ2v) is 13.0. The van der Waals surface area contributed by atoms with Gasteiger partial charge in [0.15, 0.2) is 17.7 Å². The first kappa shape index (κ1) is 32.5. The summed E-state index contributed by atoms with van der Waals surface area (Å²) in [5, 5.41) is 4.72. The molecule has 1 saturated heterocycles. The molecule has 0 saturated carbocycles. The van der Waals surface area contributed by atoms with E-state index in [1.54, 1.807) is 51.1 Å². The summed E-state index contributed by atoms with van der Waals surface area (Å²) in [4.78, 5) is 67.8. The predicted octanol–water partition coefficient (Wildman–Crippen LogP) is 4.19. The molecule has 0 radical (unpaired) electrons. The summed E-state index contributed by atoms with van der Waals surface area (Å²) < 4.78 is 11.6. The third kappa shape index (κ3) is 7.15. The quantitative estimate of drug-likeness (QED) is 0.202. The highest BCUT2D eigenvalue weighted by atomic mass is 32.2. The maximum atomic E-state index is 13.9. The SMILES string of the molecule is CC(=O)NC1=C(C(=O)OC(c2ccccc2)c2ccccc2)N2C(=O)C(NC(=O)C(C(=O)OC(C)(C)C)c3ccccc3)[C@H]2SC1. The van der Waals surface area contributed by atoms with Crippen LogP contribution in [0.15, 0.2) is 102 Å². The van der Waals surface area contributed by atoms with E-state index in [1.807, 2.05) is 60.7 Å². The monoisotopic (exact) mass is 641 g/mol. The van der Waals surface area contributed by atoms with Gasteiger partial charge in [-0.15, -0.1) is 11.8 Å². The van der Waals surface area contributed by atoms with Gasteiger partial charge >= 0.3 is 11.9 Å².